The lowest BCUT2D eigenvalue weighted by atomic mass is 10.2. The molecule has 2 heterocycles. The quantitative estimate of drug-likeness (QED) is 0.342. The normalized spacial score (nSPS) is 11.9. The summed E-state index contributed by atoms with van der Waals surface area (Å²) in [6.07, 6.45) is -3.51. The average Bonchev–Trinajstić information content (AvgIpc) is 3.21. The Morgan fingerprint density at radius 1 is 1.03 bits per heavy atom. The van der Waals surface area contributed by atoms with E-state index in [9.17, 15) is 21.6 Å². The highest BCUT2D eigenvalue weighted by Gasteiger charge is 2.30. The number of ether oxygens (including phenoxy) is 1. The molecule has 176 valence electrons. The third-order valence-corrected chi connectivity index (χ3v) is 5.16. The first kappa shape index (κ1) is 23.0. The number of hydrogen-bond acceptors (Lipinski definition) is 9. The Labute approximate surface area is 191 Å². The van der Waals surface area contributed by atoms with Gasteiger partial charge in [0.25, 0.3) is 5.16 Å². The van der Waals surface area contributed by atoms with Crippen LogP contribution in [-0.2, 0) is 16.0 Å². The fourth-order valence-corrected chi connectivity index (χ4v) is 3.32. The van der Waals surface area contributed by atoms with Crippen LogP contribution in [0.5, 0.6) is 11.6 Å². The van der Waals surface area contributed by atoms with Crippen LogP contribution in [-0.4, -0.2) is 39.8 Å². The Hall–Kier alpha value is -4.20. The van der Waals surface area contributed by atoms with Gasteiger partial charge in [-0.2, -0.15) is 23.1 Å². The van der Waals surface area contributed by atoms with Crippen LogP contribution in [0.4, 0.5) is 30.6 Å². The molecule has 2 aromatic heterocycles. The lowest BCUT2D eigenvalue weighted by molar-refractivity contribution is -0.137. The van der Waals surface area contributed by atoms with Crippen LogP contribution in [0.25, 0.3) is 11.4 Å². The van der Waals surface area contributed by atoms with Crippen molar-refractivity contribution in [1.29, 1.82) is 0 Å². The maximum Gasteiger partial charge on any atom is 0.416 e. The van der Waals surface area contributed by atoms with Gasteiger partial charge in [-0.15, -0.1) is 5.10 Å². The van der Waals surface area contributed by atoms with E-state index in [2.05, 4.69) is 30.5 Å². The van der Waals surface area contributed by atoms with E-state index in [1.807, 2.05) is 0 Å². The lowest BCUT2D eigenvalue weighted by Gasteiger charge is -2.08. The van der Waals surface area contributed by atoms with E-state index in [0.717, 1.165) is 18.4 Å². The molecule has 14 heteroatoms. The van der Waals surface area contributed by atoms with Gasteiger partial charge in [-0.05, 0) is 42.5 Å². The number of halogens is 3. The number of rotatable bonds is 6. The Bertz CT molecular complexity index is 1440. The second-order valence-corrected chi connectivity index (χ2v) is 8.93. The Kier molecular flexibility index (Phi) is 5.83. The van der Waals surface area contributed by atoms with Gasteiger partial charge in [0.15, 0.2) is 5.82 Å². The zero-order valence-electron chi connectivity index (χ0n) is 17.3. The van der Waals surface area contributed by atoms with E-state index in [1.165, 1.54) is 18.2 Å². The summed E-state index contributed by atoms with van der Waals surface area (Å²) in [6.45, 7) is 0. The summed E-state index contributed by atoms with van der Waals surface area (Å²) in [7, 11) is -3.68. The molecule has 10 nitrogen and oxygen atoms in total. The summed E-state index contributed by atoms with van der Waals surface area (Å²) < 4.78 is 67.5. The number of alkyl halides is 3. The summed E-state index contributed by atoms with van der Waals surface area (Å²) in [4.78, 5) is 11.7. The minimum atomic E-state index is -4.46. The molecule has 0 unspecified atom stereocenters. The second kappa shape index (κ2) is 8.62. The van der Waals surface area contributed by atoms with Gasteiger partial charge in [-0.1, -0.05) is 6.07 Å². The number of sulfone groups is 1. The minimum Gasteiger partial charge on any atom is -0.439 e. The first-order valence-electron chi connectivity index (χ1n) is 9.47. The largest absolute Gasteiger partial charge is 0.439 e. The minimum absolute atomic E-state index is 0.0482. The molecule has 0 aliphatic rings. The van der Waals surface area contributed by atoms with Gasteiger partial charge in [-0.25, -0.2) is 13.4 Å². The Balaban J connectivity index is 1.48. The van der Waals surface area contributed by atoms with Crippen molar-refractivity contribution in [2.75, 3.05) is 17.3 Å². The highest BCUT2D eigenvalue weighted by atomic mass is 32.2. The summed E-state index contributed by atoms with van der Waals surface area (Å²) in [5, 5.41) is 8.93. The fraction of sp³-hybridized carbons (Fsp3) is 0.100. The number of nitrogen functional groups attached to an aromatic ring is 1. The summed E-state index contributed by atoms with van der Waals surface area (Å²) >= 11 is 0. The van der Waals surface area contributed by atoms with Crippen molar-refractivity contribution < 1.29 is 26.3 Å². The number of nitrogens with two attached hydrogens (primary N) is 1. The highest BCUT2D eigenvalue weighted by molar-refractivity contribution is 7.90. The smallest absolute Gasteiger partial charge is 0.416 e. The predicted octanol–water partition coefficient (Wildman–Crippen LogP) is 3.80. The second-order valence-electron chi connectivity index (χ2n) is 7.02. The molecule has 0 radical (unpaired) electrons. The molecule has 0 atom stereocenters. The van der Waals surface area contributed by atoms with Crippen LogP contribution in [0.2, 0.25) is 0 Å². The van der Waals surface area contributed by atoms with Crippen molar-refractivity contribution in [1.82, 2.24) is 25.1 Å². The monoisotopic (exact) mass is 491 g/mol. The molecule has 2 aromatic carbocycles. The number of nitrogens with zero attached hydrogens (tertiary/aromatic N) is 4. The molecule has 0 fully saturated rings. The molecule has 0 amide bonds. The van der Waals surface area contributed by atoms with E-state index >= 15 is 0 Å². The third kappa shape index (κ3) is 5.40. The van der Waals surface area contributed by atoms with Gasteiger partial charge in [-0.3, -0.25) is 5.10 Å². The van der Waals surface area contributed by atoms with Gasteiger partial charge in [0.05, 0.1) is 5.56 Å². The predicted molar refractivity (Wildman–Crippen MR) is 116 cm³/mol. The number of H-pyrrole nitrogens is 1. The van der Waals surface area contributed by atoms with Gasteiger partial charge >= 0.3 is 6.18 Å². The van der Waals surface area contributed by atoms with Crippen molar-refractivity contribution in [3.8, 4) is 23.0 Å². The number of aromatic nitrogens is 5. The van der Waals surface area contributed by atoms with Crippen LogP contribution in [0.3, 0.4) is 0 Å². The molecule has 0 bridgehead atoms. The standard InChI is InChI=1S/C20H16F3N7O3S/c1-34(31,32)19-26-15(24)10-16(27-19)33-14-7-5-11(6-8-14)17-28-18(30-29-17)25-13-4-2-3-12(9-13)20(21,22)23/h2-10H,1H3,(H2,24,26,27)(H2,25,28,29,30). The van der Waals surface area contributed by atoms with Crippen LogP contribution in [0.15, 0.2) is 59.8 Å². The first-order valence-corrected chi connectivity index (χ1v) is 11.4. The molecule has 34 heavy (non-hydrogen) atoms. The Morgan fingerprint density at radius 2 is 1.76 bits per heavy atom. The number of aromatic amines is 1. The van der Waals surface area contributed by atoms with Gasteiger partial charge in [0.2, 0.25) is 21.7 Å². The molecule has 0 saturated heterocycles. The van der Waals surface area contributed by atoms with Crippen molar-refractivity contribution >= 4 is 27.3 Å². The van der Waals surface area contributed by atoms with Crippen LogP contribution < -0.4 is 15.8 Å². The van der Waals surface area contributed by atoms with Gasteiger partial charge in [0, 0.05) is 23.6 Å². The number of benzene rings is 2. The molecule has 0 aliphatic carbocycles. The van der Waals surface area contributed by atoms with Crippen molar-refractivity contribution in [2.24, 2.45) is 0 Å². The van der Waals surface area contributed by atoms with Crippen molar-refractivity contribution in [3.63, 3.8) is 0 Å². The van der Waals surface area contributed by atoms with E-state index in [-0.39, 0.29) is 23.3 Å². The number of nitrogens with one attached hydrogen (secondary N) is 2. The number of hydrogen-bond donors (Lipinski definition) is 3. The molecule has 0 spiro atoms. The number of anilines is 3. The molecule has 0 aliphatic heterocycles. The highest BCUT2D eigenvalue weighted by Crippen LogP contribution is 2.31. The molecule has 0 saturated carbocycles. The van der Waals surface area contributed by atoms with Gasteiger partial charge in [0.1, 0.15) is 11.6 Å². The van der Waals surface area contributed by atoms with Gasteiger partial charge < -0.3 is 15.8 Å². The average molecular weight is 491 g/mol. The molecule has 4 N–H and O–H groups in total. The van der Waals surface area contributed by atoms with E-state index in [4.69, 9.17) is 10.5 Å². The summed E-state index contributed by atoms with van der Waals surface area (Å²) in [5.41, 5.74) is 5.62. The Morgan fingerprint density at radius 3 is 2.44 bits per heavy atom. The zero-order chi connectivity index (χ0) is 24.5. The molecular formula is C20H16F3N7O3S. The van der Waals surface area contributed by atoms with Crippen LogP contribution in [0.1, 0.15) is 5.56 Å². The SMILES string of the molecule is CS(=O)(=O)c1nc(N)cc(Oc2ccc(-c3nc(Nc4cccc(C(F)(F)F)c4)n[nH]3)cc2)n1. The maximum absolute atomic E-state index is 12.9. The van der Waals surface area contributed by atoms with E-state index < -0.39 is 26.7 Å². The lowest BCUT2D eigenvalue weighted by Crippen LogP contribution is -2.07. The van der Waals surface area contributed by atoms with Crippen molar-refractivity contribution in [2.45, 2.75) is 11.3 Å². The topological polar surface area (TPSA) is 149 Å². The zero-order valence-corrected chi connectivity index (χ0v) is 18.1. The fourth-order valence-electron chi connectivity index (χ4n) is 2.79. The first-order chi connectivity index (χ1) is 16.0. The van der Waals surface area contributed by atoms with E-state index in [1.54, 1.807) is 24.3 Å². The molecule has 4 aromatic rings. The van der Waals surface area contributed by atoms with Crippen molar-refractivity contribution in [3.05, 3.63) is 60.2 Å². The summed E-state index contributed by atoms with van der Waals surface area (Å²) in [6, 6.07) is 12.4. The molecule has 4 rings (SSSR count). The maximum atomic E-state index is 12.9. The van der Waals surface area contributed by atoms with E-state index in [0.29, 0.717) is 17.1 Å². The van der Waals surface area contributed by atoms with Crippen LogP contribution >= 0.6 is 0 Å². The molecular weight excluding hydrogens is 475 g/mol. The van der Waals surface area contributed by atoms with Crippen LogP contribution in [0, 0.1) is 0 Å². The summed E-state index contributed by atoms with van der Waals surface area (Å²) in [5.74, 6) is 0.659. The third-order valence-electron chi connectivity index (χ3n) is 4.32.